The van der Waals surface area contributed by atoms with Crippen molar-refractivity contribution >= 4 is 21.6 Å². The van der Waals surface area contributed by atoms with Gasteiger partial charge in [0, 0.05) is 22.3 Å². The van der Waals surface area contributed by atoms with Gasteiger partial charge in [-0.25, -0.2) is 0 Å². The van der Waals surface area contributed by atoms with Crippen LogP contribution in [0.25, 0.3) is 0 Å². The molecule has 0 fully saturated rings. The summed E-state index contributed by atoms with van der Waals surface area (Å²) in [7, 11) is 3.31. The predicted molar refractivity (Wildman–Crippen MR) is 90.5 cm³/mol. The lowest BCUT2D eigenvalue weighted by molar-refractivity contribution is 0.352. The normalized spacial score (nSPS) is 10.3. The highest BCUT2D eigenvalue weighted by molar-refractivity contribution is 9.10. The Kier molecular flexibility index (Phi) is 5.12. The van der Waals surface area contributed by atoms with Crippen molar-refractivity contribution in [1.82, 2.24) is 0 Å². The van der Waals surface area contributed by atoms with Gasteiger partial charge in [0.1, 0.15) is 0 Å². The SMILES string of the molecule is COc1cccc(CNc2cc(C)c(Br)c(C)c2)c1OC. The summed E-state index contributed by atoms with van der Waals surface area (Å²) in [5, 5.41) is 3.44. The molecule has 0 aromatic heterocycles. The Balaban J connectivity index is 2.20. The quantitative estimate of drug-likeness (QED) is 0.848. The molecule has 2 aromatic rings. The van der Waals surface area contributed by atoms with E-state index in [-0.39, 0.29) is 0 Å². The Morgan fingerprint density at radius 1 is 1.05 bits per heavy atom. The van der Waals surface area contributed by atoms with Crippen molar-refractivity contribution in [2.75, 3.05) is 19.5 Å². The molecule has 0 aliphatic rings. The van der Waals surface area contributed by atoms with Crippen molar-refractivity contribution in [3.05, 3.63) is 51.5 Å². The fourth-order valence-corrected chi connectivity index (χ4v) is 2.57. The van der Waals surface area contributed by atoms with Crippen molar-refractivity contribution in [3.63, 3.8) is 0 Å². The Morgan fingerprint density at radius 2 is 1.71 bits per heavy atom. The number of methoxy groups -OCH3 is 2. The van der Waals surface area contributed by atoms with Crippen LogP contribution in [-0.2, 0) is 6.54 Å². The van der Waals surface area contributed by atoms with Crippen LogP contribution in [0.3, 0.4) is 0 Å². The second kappa shape index (κ2) is 6.85. The van der Waals surface area contributed by atoms with Crippen LogP contribution in [0.5, 0.6) is 11.5 Å². The van der Waals surface area contributed by atoms with E-state index in [9.17, 15) is 0 Å². The van der Waals surface area contributed by atoms with Gasteiger partial charge >= 0.3 is 0 Å². The van der Waals surface area contributed by atoms with Crippen LogP contribution in [0.1, 0.15) is 16.7 Å². The Hall–Kier alpha value is -1.68. The molecular formula is C17H20BrNO2. The minimum Gasteiger partial charge on any atom is -0.493 e. The van der Waals surface area contributed by atoms with Crippen LogP contribution < -0.4 is 14.8 Å². The molecule has 112 valence electrons. The van der Waals surface area contributed by atoms with Crippen molar-refractivity contribution < 1.29 is 9.47 Å². The van der Waals surface area contributed by atoms with E-state index < -0.39 is 0 Å². The van der Waals surface area contributed by atoms with Crippen LogP contribution in [0.15, 0.2) is 34.8 Å². The van der Waals surface area contributed by atoms with E-state index in [1.165, 1.54) is 11.1 Å². The van der Waals surface area contributed by atoms with Gasteiger partial charge in [-0.1, -0.05) is 28.1 Å². The lowest BCUT2D eigenvalue weighted by Gasteiger charge is -2.15. The predicted octanol–water partition coefficient (Wildman–Crippen LogP) is 4.70. The summed E-state index contributed by atoms with van der Waals surface area (Å²) >= 11 is 3.59. The van der Waals surface area contributed by atoms with Crippen LogP contribution in [0.4, 0.5) is 5.69 Å². The summed E-state index contributed by atoms with van der Waals surface area (Å²) in [5.74, 6) is 1.53. The van der Waals surface area contributed by atoms with Crippen LogP contribution in [-0.4, -0.2) is 14.2 Å². The van der Waals surface area contributed by atoms with Gasteiger partial charge in [-0.3, -0.25) is 0 Å². The molecule has 4 heteroatoms. The lowest BCUT2D eigenvalue weighted by Crippen LogP contribution is -2.03. The molecule has 2 rings (SSSR count). The standard InChI is InChI=1S/C17H20BrNO2/c1-11-8-14(9-12(2)16(11)18)19-10-13-6-5-7-15(20-3)17(13)21-4/h5-9,19H,10H2,1-4H3. The largest absolute Gasteiger partial charge is 0.493 e. The summed E-state index contributed by atoms with van der Waals surface area (Å²) in [4.78, 5) is 0. The minimum atomic E-state index is 0.681. The molecule has 0 amide bonds. The monoisotopic (exact) mass is 349 g/mol. The summed E-state index contributed by atoms with van der Waals surface area (Å²) in [6.07, 6.45) is 0. The summed E-state index contributed by atoms with van der Waals surface area (Å²) in [6, 6.07) is 10.2. The number of benzene rings is 2. The van der Waals surface area contributed by atoms with E-state index in [1.807, 2.05) is 18.2 Å². The van der Waals surface area contributed by atoms with E-state index in [4.69, 9.17) is 9.47 Å². The number of anilines is 1. The van der Waals surface area contributed by atoms with Gasteiger partial charge < -0.3 is 14.8 Å². The maximum atomic E-state index is 5.45. The lowest BCUT2D eigenvalue weighted by atomic mass is 10.1. The zero-order chi connectivity index (χ0) is 15.4. The number of hydrogen-bond acceptors (Lipinski definition) is 3. The van der Waals surface area contributed by atoms with Crippen molar-refractivity contribution in [2.24, 2.45) is 0 Å². The third-order valence-electron chi connectivity index (χ3n) is 3.40. The van der Waals surface area contributed by atoms with Crippen LogP contribution >= 0.6 is 15.9 Å². The molecule has 0 atom stereocenters. The molecule has 2 aromatic carbocycles. The molecule has 0 aliphatic carbocycles. The average Bonchev–Trinajstić information content (AvgIpc) is 2.49. The Morgan fingerprint density at radius 3 is 2.29 bits per heavy atom. The van der Waals surface area contributed by atoms with Crippen molar-refractivity contribution in [2.45, 2.75) is 20.4 Å². The van der Waals surface area contributed by atoms with Gasteiger partial charge in [0.15, 0.2) is 11.5 Å². The fraction of sp³-hybridized carbons (Fsp3) is 0.294. The smallest absolute Gasteiger partial charge is 0.165 e. The first-order valence-corrected chi connectivity index (χ1v) is 7.56. The second-order valence-corrected chi connectivity index (χ2v) is 5.72. The van der Waals surface area contributed by atoms with Crippen LogP contribution in [0.2, 0.25) is 0 Å². The van der Waals surface area contributed by atoms with E-state index in [0.717, 1.165) is 27.2 Å². The summed E-state index contributed by atoms with van der Waals surface area (Å²) < 4.78 is 11.9. The molecule has 21 heavy (non-hydrogen) atoms. The minimum absolute atomic E-state index is 0.681. The number of nitrogens with one attached hydrogen (secondary N) is 1. The maximum Gasteiger partial charge on any atom is 0.165 e. The number of halogens is 1. The van der Waals surface area contributed by atoms with Gasteiger partial charge in [0.2, 0.25) is 0 Å². The second-order valence-electron chi connectivity index (χ2n) is 4.93. The average molecular weight is 350 g/mol. The highest BCUT2D eigenvalue weighted by Crippen LogP contribution is 2.31. The van der Waals surface area contributed by atoms with Crippen LogP contribution in [0, 0.1) is 13.8 Å². The molecule has 0 heterocycles. The van der Waals surface area contributed by atoms with Crippen molar-refractivity contribution in [1.29, 1.82) is 0 Å². The van der Waals surface area contributed by atoms with E-state index >= 15 is 0 Å². The van der Waals surface area contributed by atoms with Gasteiger partial charge in [-0.05, 0) is 43.2 Å². The Labute approximate surface area is 134 Å². The zero-order valence-corrected chi connectivity index (χ0v) is 14.4. The number of aryl methyl sites for hydroxylation is 2. The van der Waals surface area contributed by atoms with Gasteiger partial charge in [-0.15, -0.1) is 0 Å². The first-order chi connectivity index (χ1) is 10.1. The van der Waals surface area contributed by atoms with Gasteiger partial charge in [0.25, 0.3) is 0 Å². The zero-order valence-electron chi connectivity index (χ0n) is 12.8. The number of rotatable bonds is 5. The number of para-hydroxylation sites is 1. The maximum absolute atomic E-state index is 5.45. The molecule has 0 radical (unpaired) electrons. The number of hydrogen-bond donors (Lipinski definition) is 1. The summed E-state index contributed by atoms with van der Waals surface area (Å²) in [5.41, 5.74) is 4.60. The number of ether oxygens (including phenoxy) is 2. The fourth-order valence-electron chi connectivity index (χ4n) is 2.34. The van der Waals surface area contributed by atoms with E-state index in [1.54, 1.807) is 14.2 Å². The van der Waals surface area contributed by atoms with Crippen molar-refractivity contribution in [3.8, 4) is 11.5 Å². The molecule has 0 saturated heterocycles. The third kappa shape index (κ3) is 3.50. The molecule has 0 spiro atoms. The highest BCUT2D eigenvalue weighted by Gasteiger charge is 2.09. The molecule has 0 bridgehead atoms. The third-order valence-corrected chi connectivity index (χ3v) is 4.65. The summed E-state index contributed by atoms with van der Waals surface area (Å²) in [6.45, 7) is 4.86. The molecule has 3 nitrogen and oxygen atoms in total. The molecule has 0 unspecified atom stereocenters. The van der Waals surface area contributed by atoms with Gasteiger partial charge in [-0.2, -0.15) is 0 Å². The highest BCUT2D eigenvalue weighted by atomic mass is 79.9. The molecular weight excluding hydrogens is 330 g/mol. The molecule has 1 N–H and O–H groups in total. The topological polar surface area (TPSA) is 30.5 Å². The van der Waals surface area contributed by atoms with Gasteiger partial charge in [0.05, 0.1) is 14.2 Å². The first kappa shape index (κ1) is 15.7. The molecule has 0 aliphatic heterocycles. The first-order valence-electron chi connectivity index (χ1n) is 6.77. The van der Waals surface area contributed by atoms with E-state index in [2.05, 4.69) is 47.2 Å². The molecule has 0 saturated carbocycles. The Bertz CT molecular complexity index is 618. The van der Waals surface area contributed by atoms with E-state index in [0.29, 0.717) is 6.54 Å².